The summed E-state index contributed by atoms with van der Waals surface area (Å²) in [5.41, 5.74) is 7.15. The highest BCUT2D eigenvalue weighted by Crippen LogP contribution is 2.20. The van der Waals surface area contributed by atoms with E-state index in [4.69, 9.17) is 5.73 Å². The summed E-state index contributed by atoms with van der Waals surface area (Å²) in [5, 5.41) is 3.50. The number of amides is 1. The maximum Gasteiger partial charge on any atom is 0.254 e. The third kappa shape index (κ3) is 6.44. The van der Waals surface area contributed by atoms with Crippen LogP contribution in [0.3, 0.4) is 0 Å². The molecule has 2 rings (SSSR count). The van der Waals surface area contributed by atoms with Crippen LogP contribution in [0.4, 0.5) is 0 Å². The highest BCUT2D eigenvalue weighted by Gasteiger charge is 2.11. The van der Waals surface area contributed by atoms with Crippen molar-refractivity contribution >= 4 is 36.2 Å². The van der Waals surface area contributed by atoms with Crippen molar-refractivity contribution in [3.05, 3.63) is 65.9 Å². The quantitative estimate of drug-likeness (QED) is 0.754. The molecule has 0 saturated carbocycles. The highest BCUT2D eigenvalue weighted by atomic mass is 35.5. The molecule has 1 aromatic carbocycles. The van der Waals surface area contributed by atoms with E-state index < -0.39 is 0 Å². The minimum absolute atomic E-state index is 0. The second-order valence-corrected chi connectivity index (χ2v) is 5.53. The molecule has 0 atom stereocenters. The van der Waals surface area contributed by atoms with Crippen LogP contribution in [0.2, 0.25) is 0 Å². The molecule has 0 aliphatic carbocycles. The molecule has 1 aromatic heterocycles. The third-order valence-corrected chi connectivity index (χ3v) is 3.83. The van der Waals surface area contributed by atoms with Gasteiger partial charge in [0, 0.05) is 25.0 Å². The van der Waals surface area contributed by atoms with Gasteiger partial charge in [0.05, 0.1) is 5.56 Å². The summed E-state index contributed by atoms with van der Waals surface area (Å²) in [6.07, 6.45) is 5.82. The molecule has 3 N–H and O–H groups in total. The van der Waals surface area contributed by atoms with Crippen molar-refractivity contribution in [3.8, 4) is 0 Å². The molecule has 0 bridgehead atoms. The van der Waals surface area contributed by atoms with Crippen LogP contribution >= 0.6 is 24.2 Å². The Balaban J connectivity index is 0.00000264. The fraction of sp³-hybridized carbons (Fsp3) is 0.176. The number of thioether (sulfide) groups is 1. The van der Waals surface area contributed by atoms with Crippen molar-refractivity contribution in [2.75, 3.05) is 18.8 Å². The smallest absolute Gasteiger partial charge is 0.254 e. The first-order chi connectivity index (χ1) is 10.8. The van der Waals surface area contributed by atoms with Gasteiger partial charge in [-0.1, -0.05) is 42.5 Å². The average Bonchev–Trinajstić information content (AvgIpc) is 2.58. The number of nitrogens with zero attached hydrogens (tertiary/aromatic N) is 1. The normalized spacial score (nSPS) is 10.3. The van der Waals surface area contributed by atoms with E-state index in [-0.39, 0.29) is 18.3 Å². The number of benzene rings is 1. The van der Waals surface area contributed by atoms with Crippen LogP contribution in [0.25, 0.3) is 6.08 Å². The summed E-state index contributed by atoms with van der Waals surface area (Å²) in [6.45, 7) is 0.889. The van der Waals surface area contributed by atoms with Crippen molar-refractivity contribution in [2.45, 2.75) is 5.03 Å². The maximum absolute atomic E-state index is 12.0. The molecular weight excluding hydrogens is 330 g/mol. The molecule has 0 unspecified atom stereocenters. The van der Waals surface area contributed by atoms with Gasteiger partial charge in [0.2, 0.25) is 0 Å². The van der Waals surface area contributed by atoms with E-state index in [0.717, 1.165) is 16.3 Å². The van der Waals surface area contributed by atoms with Crippen LogP contribution in [-0.2, 0) is 0 Å². The molecule has 2 aromatic rings. The van der Waals surface area contributed by atoms with Crippen molar-refractivity contribution in [2.24, 2.45) is 5.73 Å². The van der Waals surface area contributed by atoms with E-state index in [1.54, 1.807) is 18.3 Å². The first-order valence-electron chi connectivity index (χ1n) is 7.09. The summed E-state index contributed by atoms with van der Waals surface area (Å²) in [4.78, 5) is 16.3. The van der Waals surface area contributed by atoms with Gasteiger partial charge < -0.3 is 11.1 Å². The third-order valence-electron chi connectivity index (χ3n) is 2.87. The second kappa shape index (κ2) is 10.8. The molecule has 0 aliphatic rings. The van der Waals surface area contributed by atoms with Gasteiger partial charge in [0.15, 0.2) is 0 Å². The molecule has 0 aliphatic heterocycles. The number of hydrogen-bond acceptors (Lipinski definition) is 4. The summed E-state index contributed by atoms with van der Waals surface area (Å²) in [6, 6.07) is 13.6. The van der Waals surface area contributed by atoms with Gasteiger partial charge in [-0.3, -0.25) is 4.79 Å². The standard InChI is InChI=1S/C17H19N3OS.ClH/c18-10-12-19-16(21)15-9-4-11-20-17(15)22-13-5-8-14-6-2-1-3-7-14;/h1-9,11H,10,12-13,18H2,(H,19,21);1H. The van der Waals surface area contributed by atoms with Crippen LogP contribution < -0.4 is 11.1 Å². The predicted molar refractivity (Wildman–Crippen MR) is 99.1 cm³/mol. The number of nitrogens with two attached hydrogens (primary N) is 1. The van der Waals surface area contributed by atoms with Crippen molar-refractivity contribution in [1.29, 1.82) is 0 Å². The largest absolute Gasteiger partial charge is 0.351 e. The number of nitrogens with one attached hydrogen (secondary N) is 1. The number of rotatable bonds is 7. The van der Waals surface area contributed by atoms with Crippen LogP contribution in [0.1, 0.15) is 15.9 Å². The molecule has 0 radical (unpaired) electrons. The number of aromatic nitrogens is 1. The Morgan fingerprint density at radius 2 is 2.00 bits per heavy atom. The molecule has 4 nitrogen and oxygen atoms in total. The fourth-order valence-corrected chi connectivity index (χ4v) is 2.64. The van der Waals surface area contributed by atoms with Crippen LogP contribution in [-0.4, -0.2) is 29.7 Å². The molecule has 0 saturated heterocycles. The average molecular weight is 350 g/mol. The fourth-order valence-electron chi connectivity index (χ4n) is 1.83. The molecular formula is C17H20ClN3OS. The Morgan fingerprint density at radius 3 is 2.74 bits per heavy atom. The van der Waals surface area contributed by atoms with Crippen LogP contribution in [0.5, 0.6) is 0 Å². The number of pyridine rings is 1. The van der Waals surface area contributed by atoms with Gasteiger partial charge in [-0.05, 0) is 17.7 Å². The van der Waals surface area contributed by atoms with Crippen molar-refractivity contribution < 1.29 is 4.79 Å². The minimum Gasteiger partial charge on any atom is -0.351 e. The van der Waals surface area contributed by atoms with Gasteiger partial charge in [-0.2, -0.15) is 0 Å². The number of hydrogen-bond donors (Lipinski definition) is 2. The Morgan fingerprint density at radius 1 is 1.22 bits per heavy atom. The van der Waals surface area contributed by atoms with E-state index in [9.17, 15) is 4.79 Å². The molecule has 0 fully saturated rings. The van der Waals surface area contributed by atoms with E-state index in [2.05, 4.69) is 22.5 Å². The Hall–Kier alpha value is -1.82. The highest BCUT2D eigenvalue weighted by molar-refractivity contribution is 7.99. The molecule has 23 heavy (non-hydrogen) atoms. The summed E-state index contributed by atoms with van der Waals surface area (Å²) >= 11 is 1.54. The minimum atomic E-state index is -0.131. The number of carbonyl (C=O) groups excluding carboxylic acids is 1. The first kappa shape index (κ1) is 19.2. The molecule has 1 heterocycles. The lowest BCUT2D eigenvalue weighted by Gasteiger charge is -2.07. The summed E-state index contributed by atoms with van der Waals surface area (Å²) in [5.74, 6) is 0.622. The van der Waals surface area contributed by atoms with Gasteiger partial charge in [-0.15, -0.1) is 24.2 Å². The molecule has 6 heteroatoms. The van der Waals surface area contributed by atoms with E-state index in [0.29, 0.717) is 18.7 Å². The lowest BCUT2D eigenvalue weighted by atomic mass is 10.2. The number of carbonyl (C=O) groups is 1. The van der Waals surface area contributed by atoms with E-state index >= 15 is 0 Å². The molecule has 0 spiro atoms. The van der Waals surface area contributed by atoms with Gasteiger partial charge in [-0.25, -0.2) is 4.98 Å². The Bertz CT molecular complexity index is 635. The van der Waals surface area contributed by atoms with E-state index in [1.165, 1.54) is 11.8 Å². The van der Waals surface area contributed by atoms with E-state index in [1.807, 2.05) is 30.3 Å². The predicted octanol–water partition coefficient (Wildman–Crippen LogP) is 3.00. The zero-order valence-electron chi connectivity index (χ0n) is 12.6. The second-order valence-electron chi connectivity index (χ2n) is 4.52. The SMILES string of the molecule is Cl.NCCNC(=O)c1cccnc1SCC=Cc1ccccc1. The lowest BCUT2D eigenvalue weighted by Crippen LogP contribution is -2.29. The van der Waals surface area contributed by atoms with Gasteiger partial charge in [0.25, 0.3) is 5.91 Å². The molecule has 122 valence electrons. The van der Waals surface area contributed by atoms with Gasteiger partial charge in [0.1, 0.15) is 5.03 Å². The monoisotopic (exact) mass is 349 g/mol. The first-order valence-corrected chi connectivity index (χ1v) is 8.07. The Kier molecular flexibility index (Phi) is 9.05. The Labute approximate surface area is 147 Å². The van der Waals surface area contributed by atoms with Crippen LogP contribution in [0.15, 0.2) is 59.8 Å². The summed E-state index contributed by atoms with van der Waals surface area (Å²) in [7, 11) is 0. The van der Waals surface area contributed by atoms with Crippen LogP contribution in [0, 0.1) is 0 Å². The van der Waals surface area contributed by atoms with Gasteiger partial charge >= 0.3 is 0 Å². The zero-order chi connectivity index (χ0) is 15.6. The topological polar surface area (TPSA) is 68.0 Å². The zero-order valence-corrected chi connectivity index (χ0v) is 14.3. The maximum atomic E-state index is 12.0. The lowest BCUT2D eigenvalue weighted by molar-refractivity contribution is 0.0951. The van der Waals surface area contributed by atoms with Crippen molar-refractivity contribution in [1.82, 2.24) is 10.3 Å². The number of halogens is 1. The summed E-state index contributed by atoms with van der Waals surface area (Å²) < 4.78 is 0. The van der Waals surface area contributed by atoms with Crippen molar-refractivity contribution in [3.63, 3.8) is 0 Å². The molecule has 1 amide bonds.